The second-order valence-corrected chi connectivity index (χ2v) is 10.9. The lowest BCUT2D eigenvalue weighted by atomic mass is 9.80. The van der Waals surface area contributed by atoms with Crippen molar-refractivity contribution in [3.05, 3.63) is 29.3 Å². The summed E-state index contributed by atoms with van der Waals surface area (Å²) in [4.78, 5) is 50.9. The third kappa shape index (κ3) is 6.10. The molecule has 2 atom stereocenters. The number of fused-ring (bicyclic) bond motifs is 1. The largest absolute Gasteiger partial charge is 0.370 e. The van der Waals surface area contributed by atoms with E-state index in [1.807, 2.05) is 31.3 Å². The number of guanidine groups is 1. The summed E-state index contributed by atoms with van der Waals surface area (Å²) < 4.78 is 0.911. The first kappa shape index (κ1) is 27.0. The molecular weight excluding hydrogens is 490 g/mol. The maximum absolute atomic E-state index is 13.7. The van der Waals surface area contributed by atoms with E-state index >= 15 is 0 Å². The summed E-state index contributed by atoms with van der Waals surface area (Å²) in [5, 5.41) is 6.59. The lowest BCUT2D eigenvalue weighted by Crippen LogP contribution is -2.61. The number of likely N-dealkylation sites (tertiary alicyclic amines) is 1. The maximum atomic E-state index is 13.7. The quantitative estimate of drug-likeness (QED) is 0.159. The van der Waals surface area contributed by atoms with Crippen LogP contribution in [0.4, 0.5) is 0 Å². The highest BCUT2D eigenvalue weighted by Gasteiger charge is 2.45. The number of thiazole rings is 1. The van der Waals surface area contributed by atoms with Crippen LogP contribution in [-0.2, 0) is 9.59 Å². The fraction of sp³-hybridized carbons (Fsp3) is 0.577. The minimum Gasteiger partial charge on any atom is -0.370 e. The Hall–Kier alpha value is -3.05. The first-order valence-corrected chi connectivity index (χ1v) is 13.9. The number of amides is 2. The van der Waals surface area contributed by atoms with E-state index in [-0.39, 0.29) is 23.6 Å². The number of nitrogens with one attached hydrogen (secondary N) is 2. The van der Waals surface area contributed by atoms with Gasteiger partial charge in [-0.25, -0.2) is 4.98 Å². The zero-order valence-electron chi connectivity index (χ0n) is 21.4. The second kappa shape index (κ2) is 12.0. The number of hydrogen-bond donors (Lipinski definition) is 4. The van der Waals surface area contributed by atoms with Gasteiger partial charge in [0.1, 0.15) is 6.04 Å². The zero-order valence-corrected chi connectivity index (χ0v) is 22.2. The van der Waals surface area contributed by atoms with Crippen molar-refractivity contribution in [1.82, 2.24) is 20.5 Å². The number of benzene rings is 1. The van der Waals surface area contributed by atoms with Crippen LogP contribution in [0, 0.1) is 0 Å². The average Bonchev–Trinajstić information content (AvgIpc) is 3.57. The predicted octanol–water partition coefficient (Wildman–Crippen LogP) is 1.93. The molecule has 10 nitrogen and oxygen atoms in total. The summed E-state index contributed by atoms with van der Waals surface area (Å²) in [6.45, 7) is 0.891. The summed E-state index contributed by atoms with van der Waals surface area (Å²) in [6, 6.07) is 6.18. The summed E-state index contributed by atoms with van der Waals surface area (Å²) in [6.07, 6.45) is 6.85. The minimum absolute atomic E-state index is 0.00541. The Morgan fingerprint density at radius 2 is 1.95 bits per heavy atom. The average molecular weight is 528 g/mol. The van der Waals surface area contributed by atoms with Crippen molar-refractivity contribution in [2.45, 2.75) is 75.4 Å². The van der Waals surface area contributed by atoms with Gasteiger partial charge in [-0.2, -0.15) is 0 Å². The van der Waals surface area contributed by atoms with E-state index in [4.69, 9.17) is 11.5 Å². The van der Waals surface area contributed by atoms with Crippen molar-refractivity contribution >= 4 is 45.1 Å². The number of ketones is 1. The number of rotatable bonds is 10. The highest BCUT2D eigenvalue weighted by Crippen LogP contribution is 2.32. The first-order chi connectivity index (χ1) is 17.8. The fourth-order valence-corrected chi connectivity index (χ4v) is 6.41. The monoisotopic (exact) mass is 527 g/mol. The first-order valence-electron chi connectivity index (χ1n) is 13.1. The van der Waals surface area contributed by atoms with E-state index < -0.39 is 17.6 Å². The van der Waals surface area contributed by atoms with Crippen molar-refractivity contribution in [3.8, 4) is 0 Å². The third-order valence-corrected chi connectivity index (χ3v) is 8.55. The normalized spacial score (nSPS) is 19.9. The third-order valence-electron chi connectivity index (χ3n) is 7.49. The van der Waals surface area contributed by atoms with Gasteiger partial charge in [0.15, 0.2) is 11.0 Å². The second-order valence-electron chi connectivity index (χ2n) is 9.91. The molecule has 11 heteroatoms. The number of likely N-dealkylation sites (N-methyl/N-ethyl adjacent to an activating group) is 1. The Morgan fingerprint density at radius 1 is 1.19 bits per heavy atom. The Bertz CT molecular complexity index is 1120. The summed E-state index contributed by atoms with van der Waals surface area (Å²) in [7, 11) is 1.83. The zero-order chi connectivity index (χ0) is 26.4. The number of hydrogen-bond acceptors (Lipinski definition) is 7. The van der Waals surface area contributed by atoms with Crippen molar-refractivity contribution < 1.29 is 14.4 Å². The Morgan fingerprint density at radius 3 is 2.65 bits per heavy atom. The van der Waals surface area contributed by atoms with E-state index in [0.717, 1.165) is 48.7 Å². The van der Waals surface area contributed by atoms with Crippen molar-refractivity contribution in [2.75, 3.05) is 20.1 Å². The van der Waals surface area contributed by atoms with Crippen LogP contribution in [-0.4, -0.2) is 71.2 Å². The molecule has 1 aliphatic carbocycles. The number of para-hydroxylation sites is 1. The molecule has 0 spiro atoms. The highest BCUT2D eigenvalue weighted by atomic mass is 32.1. The molecule has 1 saturated heterocycles. The van der Waals surface area contributed by atoms with Crippen LogP contribution in [0.5, 0.6) is 0 Å². The molecule has 1 aromatic heterocycles. The molecule has 4 rings (SSSR count). The van der Waals surface area contributed by atoms with E-state index in [0.29, 0.717) is 37.4 Å². The molecule has 6 N–H and O–H groups in total. The number of carbonyl (C=O) groups excluding carboxylic acids is 3. The van der Waals surface area contributed by atoms with Gasteiger partial charge in [0, 0.05) is 13.1 Å². The highest BCUT2D eigenvalue weighted by molar-refractivity contribution is 7.20. The van der Waals surface area contributed by atoms with Crippen LogP contribution < -0.4 is 22.1 Å². The molecule has 2 aliphatic rings. The van der Waals surface area contributed by atoms with E-state index in [9.17, 15) is 14.4 Å². The Kier molecular flexibility index (Phi) is 8.75. The molecule has 2 aromatic rings. The molecule has 1 aliphatic heterocycles. The van der Waals surface area contributed by atoms with Gasteiger partial charge in [-0.15, -0.1) is 11.3 Å². The standard InChI is InChI=1S/C26H37N7O3S/c1-29-26(13-5-2-6-14-26)24(36)33-16-8-11-19(33)22(35)31-18(10-7-15-30-25(27)28)21(34)23-32-17-9-3-4-12-20(17)37-23/h3-4,9,12,18-19,29H,2,5-8,10-11,13-16H2,1H3,(H,31,35)(H4,27,28,30)/t18-,19-/m0/s1. The molecule has 2 heterocycles. The fourth-order valence-electron chi connectivity index (χ4n) is 5.45. The number of nitrogens with two attached hydrogens (primary N) is 2. The molecule has 200 valence electrons. The Balaban J connectivity index is 1.51. The van der Waals surface area contributed by atoms with E-state index in [1.165, 1.54) is 11.3 Å². The minimum atomic E-state index is -0.784. The van der Waals surface area contributed by atoms with Crippen LogP contribution in [0.3, 0.4) is 0 Å². The van der Waals surface area contributed by atoms with Gasteiger partial charge in [-0.1, -0.05) is 31.4 Å². The van der Waals surface area contributed by atoms with Crippen molar-refractivity contribution in [3.63, 3.8) is 0 Å². The van der Waals surface area contributed by atoms with Gasteiger partial charge < -0.3 is 27.0 Å². The SMILES string of the molecule is CNC1(C(=O)N2CCC[C@H]2C(=O)N[C@@H](CCCN=C(N)N)C(=O)c2nc3ccccc3s2)CCCCC1. The molecule has 1 aromatic carbocycles. The lowest BCUT2D eigenvalue weighted by molar-refractivity contribution is -0.145. The molecule has 0 bridgehead atoms. The maximum Gasteiger partial charge on any atom is 0.243 e. The number of carbonyl (C=O) groups is 3. The van der Waals surface area contributed by atoms with Crippen molar-refractivity contribution in [2.24, 2.45) is 16.5 Å². The van der Waals surface area contributed by atoms with Crippen LogP contribution in [0.25, 0.3) is 10.2 Å². The molecule has 0 radical (unpaired) electrons. The van der Waals surface area contributed by atoms with Gasteiger partial charge >= 0.3 is 0 Å². The summed E-state index contributed by atoms with van der Waals surface area (Å²) in [5.74, 6) is -0.558. The van der Waals surface area contributed by atoms with Crippen molar-refractivity contribution in [1.29, 1.82) is 0 Å². The molecule has 2 amide bonds. The van der Waals surface area contributed by atoms with E-state index in [1.54, 1.807) is 4.90 Å². The van der Waals surface area contributed by atoms with Gasteiger partial charge in [0.2, 0.25) is 17.6 Å². The van der Waals surface area contributed by atoms with Crippen LogP contribution >= 0.6 is 11.3 Å². The number of nitrogens with zero attached hydrogens (tertiary/aromatic N) is 3. The lowest BCUT2D eigenvalue weighted by Gasteiger charge is -2.40. The number of Topliss-reactive ketones (excluding diaryl/α,β-unsaturated/α-hetero) is 1. The molecule has 1 saturated carbocycles. The van der Waals surface area contributed by atoms with Gasteiger partial charge in [0.05, 0.1) is 21.8 Å². The summed E-state index contributed by atoms with van der Waals surface area (Å²) in [5.41, 5.74) is 11.0. The summed E-state index contributed by atoms with van der Waals surface area (Å²) >= 11 is 1.31. The smallest absolute Gasteiger partial charge is 0.243 e. The Labute approximate surface area is 221 Å². The van der Waals surface area contributed by atoms with E-state index in [2.05, 4.69) is 20.6 Å². The topological polar surface area (TPSA) is 156 Å². The molecular formula is C26H37N7O3S. The predicted molar refractivity (Wildman–Crippen MR) is 145 cm³/mol. The van der Waals surface area contributed by atoms with Gasteiger partial charge in [-0.3, -0.25) is 19.4 Å². The van der Waals surface area contributed by atoms with Gasteiger partial charge in [-0.05, 0) is 57.7 Å². The number of aliphatic imine (C=N–C) groups is 1. The van der Waals surface area contributed by atoms with Gasteiger partial charge in [0.25, 0.3) is 0 Å². The molecule has 37 heavy (non-hydrogen) atoms. The van der Waals surface area contributed by atoms with Crippen LogP contribution in [0.15, 0.2) is 29.3 Å². The van der Waals surface area contributed by atoms with Crippen LogP contribution in [0.2, 0.25) is 0 Å². The molecule has 2 fully saturated rings. The van der Waals surface area contributed by atoms with Crippen LogP contribution in [0.1, 0.15) is 67.6 Å². The molecule has 0 unspecified atom stereocenters. The number of aromatic nitrogens is 1.